The molecule has 0 aromatic heterocycles. The average molecular weight is 376 g/mol. The van der Waals surface area contributed by atoms with Crippen LogP contribution in [0.15, 0.2) is 23.1 Å². The average Bonchev–Trinajstić information content (AvgIpc) is 2.96. The molecule has 0 spiro atoms. The van der Waals surface area contributed by atoms with Gasteiger partial charge in [0.05, 0.1) is 11.8 Å². The summed E-state index contributed by atoms with van der Waals surface area (Å²) < 4.78 is 0. The van der Waals surface area contributed by atoms with Gasteiger partial charge in [0.15, 0.2) is 0 Å². The van der Waals surface area contributed by atoms with E-state index in [1.165, 1.54) is 16.0 Å². The number of hydrogen-bond donors (Lipinski definition) is 1. The van der Waals surface area contributed by atoms with Crippen molar-refractivity contribution in [2.24, 2.45) is 0 Å². The zero-order chi connectivity index (χ0) is 18.9. The lowest BCUT2D eigenvalue weighted by Crippen LogP contribution is -2.54. The molecule has 0 radical (unpaired) electrons. The number of rotatable bonds is 3. The molecule has 6 heteroatoms. The van der Waals surface area contributed by atoms with E-state index >= 15 is 0 Å². The summed E-state index contributed by atoms with van der Waals surface area (Å²) in [5.74, 6) is 0.289. The molecule has 0 bridgehead atoms. The number of nitrogens with zero attached hydrogens (tertiary/aromatic N) is 2. The Hall–Kier alpha value is -1.53. The quantitative estimate of drug-likeness (QED) is 0.879. The molecular formula is C20H29N3O2S. The van der Waals surface area contributed by atoms with Gasteiger partial charge in [-0.25, -0.2) is 0 Å². The minimum absolute atomic E-state index is 0.00235. The van der Waals surface area contributed by atoms with Gasteiger partial charge in [0.25, 0.3) is 0 Å². The van der Waals surface area contributed by atoms with Crippen LogP contribution in [-0.4, -0.2) is 65.1 Å². The number of aryl methyl sites for hydroxylation is 1. The minimum Gasteiger partial charge on any atom is -0.350 e. The van der Waals surface area contributed by atoms with Gasteiger partial charge in [0, 0.05) is 36.6 Å². The molecule has 1 fully saturated rings. The lowest BCUT2D eigenvalue weighted by Gasteiger charge is -2.35. The first kappa shape index (κ1) is 19.2. The van der Waals surface area contributed by atoms with Gasteiger partial charge in [-0.3, -0.25) is 14.5 Å². The third kappa shape index (κ3) is 4.80. The fraction of sp³-hybridized carbons (Fsp3) is 0.600. The molecule has 0 saturated carbocycles. The van der Waals surface area contributed by atoms with Crippen LogP contribution in [-0.2, 0) is 16.0 Å². The fourth-order valence-electron chi connectivity index (χ4n) is 3.46. The van der Waals surface area contributed by atoms with Crippen molar-refractivity contribution in [2.75, 3.05) is 32.7 Å². The van der Waals surface area contributed by atoms with Crippen LogP contribution in [0.5, 0.6) is 0 Å². The summed E-state index contributed by atoms with van der Waals surface area (Å²) in [6.45, 7) is 11.4. The van der Waals surface area contributed by atoms with Gasteiger partial charge in [0.2, 0.25) is 11.8 Å². The summed E-state index contributed by atoms with van der Waals surface area (Å²) >= 11 is 1.70. The summed E-state index contributed by atoms with van der Waals surface area (Å²) in [6.07, 6.45) is 0.827. The summed E-state index contributed by atoms with van der Waals surface area (Å²) in [5.41, 5.74) is 2.32. The van der Waals surface area contributed by atoms with Gasteiger partial charge in [-0.05, 0) is 45.7 Å². The summed E-state index contributed by atoms with van der Waals surface area (Å²) in [6, 6.07) is 6.45. The van der Waals surface area contributed by atoms with Crippen molar-refractivity contribution in [1.29, 1.82) is 0 Å². The molecule has 2 heterocycles. The summed E-state index contributed by atoms with van der Waals surface area (Å²) in [7, 11) is 0. The monoisotopic (exact) mass is 375 g/mol. The second-order valence-electron chi connectivity index (χ2n) is 8.32. The summed E-state index contributed by atoms with van der Waals surface area (Å²) in [5, 5.41) is 3.00. The number of carbonyl (C=O) groups is 2. The second-order valence-corrected chi connectivity index (χ2v) is 9.57. The number of fused-ring (bicyclic) bond motifs is 1. The molecule has 1 N–H and O–H groups in total. The van der Waals surface area contributed by atoms with Crippen molar-refractivity contribution in [3.05, 3.63) is 29.3 Å². The van der Waals surface area contributed by atoms with Crippen LogP contribution in [0.2, 0.25) is 0 Å². The standard InChI is InChI=1S/C20H29N3O2S/c1-14-5-6-15-12-17(26-16(15)11-14)19(25)23-9-7-22(8-10-23)13-18(24)21-20(2,3)4/h5-6,11,17H,7-10,12-13H2,1-4H3,(H,21,24). The van der Waals surface area contributed by atoms with Crippen LogP contribution in [0.1, 0.15) is 31.9 Å². The van der Waals surface area contributed by atoms with E-state index in [0.29, 0.717) is 19.6 Å². The van der Waals surface area contributed by atoms with Crippen molar-refractivity contribution in [3.63, 3.8) is 0 Å². The second kappa shape index (κ2) is 7.61. The molecular weight excluding hydrogens is 346 g/mol. The van der Waals surface area contributed by atoms with E-state index in [1.807, 2.05) is 25.7 Å². The van der Waals surface area contributed by atoms with Crippen LogP contribution in [0, 0.1) is 6.92 Å². The Morgan fingerprint density at radius 1 is 1.19 bits per heavy atom. The van der Waals surface area contributed by atoms with Gasteiger partial charge in [-0.2, -0.15) is 0 Å². The minimum atomic E-state index is -0.206. The Labute approximate surface area is 160 Å². The van der Waals surface area contributed by atoms with Gasteiger partial charge in [-0.1, -0.05) is 17.7 Å². The van der Waals surface area contributed by atoms with Crippen LogP contribution < -0.4 is 5.32 Å². The van der Waals surface area contributed by atoms with E-state index in [4.69, 9.17) is 0 Å². The number of piperazine rings is 1. The normalized spacial score (nSPS) is 20.8. The molecule has 0 aliphatic carbocycles. The van der Waals surface area contributed by atoms with E-state index in [-0.39, 0.29) is 22.6 Å². The van der Waals surface area contributed by atoms with Crippen LogP contribution in [0.3, 0.4) is 0 Å². The van der Waals surface area contributed by atoms with Crippen molar-refractivity contribution in [2.45, 2.75) is 49.8 Å². The van der Waals surface area contributed by atoms with Gasteiger partial charge >= 0.3 is 0 Å². The Balaban J connectivity index is 1.48. The Kier molecular flexibility index (Phi) is 5.63. The fourth-order valence-corrected chi connectivity index (χ4v) is 4.84. The first-order chi connectivity index (χ1) is 12.2. The lowest BCUT2D eigenvalue weighted by atomic mass is 10.1. The molecule has 2 aliphatic rings. The maximum Gasteiger partial charge on any atom is 0.236 e. The smallest absolute Gasteiger partial charge is 0.236 e. The van der Waals surface area contributed by atoms with Gasteiger partial charge in [-0.15, -0.1) is 11.8 Å². The molecule has 142 valence electrons. The van der Waals surface area contributed by atoms with Gasteiger partial charge in [0.1, 0.15) is 0 Å². The highest BCUT2D eigenvalue weighted by Crippen LogP contribution is 2.38. The van der Waals surface area contributed by atoms with Crippen molar-refractivity contribution in [1.82, 2.24) is 15.1 Å². The molecule has 2 aliphatic heterocycles. The highest BCUT2D eigenvalue weighted by Gasteiger charge is 2.33. The maximum absolute atomic E-state index is 12.9. The molecule has 2 amide bonds. The third-order valence-electron chi connectivity index (χ3n) is 4.74. The topological polar surface area (TPSA) is 52.7 Å². The first-order valence-electron chi connectivity index (χ1n) is 9.29. The van der Waals surface area contributed by atoms with Crippen LogP contribution in [0.25, 0.3) is 0 Å². The molecule has 1 aromatic carbocycles. The van der Waals surface area contributed by atoms with Crippen molar-refractivity contribution in [3.8, 4) is 0 Å². The molecule has 1 saturated heterocycles. The Bertz CT molecular complexity index is 691. The maximum atomic E-state index is 12.9. The van der Waals surface area contributed by atoms with Crippen LogP contribution in [0.4, 0.5) is 0 Å². The third-order valence-corrected chi connectivity index (χ3v) is 6.03. The number of nitrogens with one attached hydrogen (secondary N) is 1. The zero-order valence-corrected chi connectivity index (χ0v) is 17.0. The highest BCUT2D eigenvalue weighted by atomic mass is 32.2. The molecule has 3 rings (SSSR count). The number of benzene rings is 1. The van der Waals surface area contributed by atoms with E-state index in [1.54, 1.807) is 11.8 Å². The zero-order valence-electron chi connectivity index (χ0n) is 16.2. The molecule has 26 heavy (non-hydrogen) atoms. The number of amides is 2. The number of thioether (sulfide) groups is 1. The van der Waals surface area contributed by atoms with Gasteiger partial charge < -0.3 is 10.2 Å². The lowest BCUT2D eigenvalue weighted by molar-refractivity contribution is -0.132. The number of carbonyl (C=O) groups excluding carboxylic acids is 2. The first-order valence-corrected chi connectivity index (χ1v) is 10.2. The Morgan fingerprint density at radius 3 is 2.54 bits per heavy atom. The van der Waals surface area contributed by atoms with E-state index < -0.39 is 0 Å². The predicted molar refractivity (Wildman–Crippen MR) is 105 cm³/mol. The van der Waals surface area contributed by atoms with Crippen molar-refractivity contribution < 1.29 is 9.59 Å². The number of hydrogen-bond acceptors (Lipinski definition) is 4. The summed E-state index contributed by atoms with van der Waals surface area (Å²) in [4.78, 5) is 30.3. The van der Waals surface area contributed by atoms with E-state index in [2.05, 4.69) is 35.3 Å². The highest BCUT2D eigenvalue weighted by molar-refractivity contribution is 8.01. The SMILES string of the molecule is Cc1ccc2c(c1)SC(C(=O)N1CCN(CC(=O)NC(C)(C)C)CC1)C2. The van der Waals surface area contributed by atoms with Crippen LogP contribution >= 0.6 is 11.8 Å². The van der Waals surface area contributed by atoms with Crippen molar-refractivity contribution >= 4 is 23.6 Å². The molecule has 1 unspecified atom stereocenters. The molecule has 1 aromatic rings. The van der Waals surface area contributed by atoms with E-state index in [0.717, 1.165) is 19.5 Å². The molecule has 5 nitrogen and oxygen atoms in total. The molecule has 1 atom stereocenters. The Morgan fingerprint density at radius 2 is 1.88 bits per heavy atom. The van der Waals surface area contributed by atoms with E-state index in [9.17, 15) is 9.59 Å². The largest absolute Gasteiger partial charge is 0.350 e. The predicted octanol–water partition coefficient (Wildman–Crippen LogP) is 2.07.